The van der Waals surface area contributed by atoms with Crippen LogP contribution >= 0.6 is 34.4 Å². The van der Waals surface area contributed by atoms with Crippen LogP contribution in [0.3, 0.4) is 0 Å². The van der Waals surface area contributed by atoms with E-state index in [0.29, 0.717) is 0 Å². The van der Waals surface area contributed by atoms with E-state index >= 15 is 0 Å². The molecule has 1 aromatic heterocycles. The van der Waals surface area contributed by atoms with E-state index in [4.69, 9.17) is 0 Å². The Balaban J connectivity index is 2.18. The van der Waals surface area contributed by atoms with Crippen molar-refractivity contribution < 1.29 is 4.79 Å². The van der Waals surface area contributed by atoms with Crippen LogP contribution in [0.2, 0.25) is 0 Å². The molecule has 100 valence electrons. The molecule has 0 aromatic carbocycles. The lowest BCUT2D eigenvalue weighted by Crippen LogP contribution is -2.42. The van der Waals surface area contributed by atoms with Crippen LogP contribution in [0, 0.1) is 3.70 Å². The van der Waals surface area contributed by atoms with Crippen molar-refractivity contribution in [2.24, 2.45) is 0 Å². The van der Waals surface area contributed by atoms with Gasteiger partial charge in [-0.05, 0) is 55.0 Å². The van der Waals surface area contributed by atoms with Gasteiger partial charge in [0.2, 0.25) is 5.91 Å². The summed E-state index contributed by atoms with van der Waals surface area (Å²) in [4.78, 5) is 22.0. The summed E-state index contributed by atoms with van der Waals surface area (Å²) >= 11 is 3.82. The molecular formula is C12H18IN3OS. The number of imidazole rings is 1. The van der Waals surface area contributed by atoms with Gasteiger partial charge in [0.15, 0.2) is 0 Å². The number of carbonyl (C=O) groups is 1. The van der Waals surface area contributed by atoms with Gasteiger partial charge in [-0.1, -0.05) is 0 Å². The maximum Gasteiger partial charge on any atom is 0.236 e. The number of piperidine rings is 1. The number of H-pyrrole nitrogens is 1. The monoisotopic (exact) mass is 379 g/mol. The third-order valence-electron chi connectivity index (χ3n) is 3.37. The molecule has 2 rings (SSSR count). The fourth-order valence-corrected chi connectivity index (χ4v) is 3.05. The lowest BCUT2D eigenvalue weighted by Gasteiger charge is -2.36. The molecule has 1 fully saturated rings. The molecule has 0 saturated carbocycles. The molecular weight excluding hydrogens is 361 g/mol. The molecule has 0 bridgehead atoms. The second-order valence-corrected chi connectivity index (χ2v) is 6.88. The van der Waals surface area contributed by atoms with Crippen molar-refractivity contribution in [3.05, 3.63) is 15.7 Å². The number of aromatic amines is 1. The summed E-state index contributed by atoms with van der Waals surface area (Å²) in [5.74, 6) is 1.17. The number of hydrogen-bond donors (Lipinski definition) is 1. The van der Waals surface area contributed by atoms with Crippen molar-refractivity contribution in [1.82, 2.24) is 14.9 Å². The molecule has 0 radical (unpaired) electrons. The second-order valence-electron chi connectivity index (χ2n) is 4.54. The van der Waals surface area contributed by atoms with Crippen LogP contribution in [-0.4, -0.2) is 38.8 Å². The molecule has 2 atom stereocenters. The normalized spacial score (nSPS) is 21.9. The number of nitrogens with one attached hydrogen (secondary N) is 1. The Bertz CT molecular complexity index is 423. The summed E-state index contributed by atoms with van der Waals surface area (Å²) in [5.41, 5.74) is 0. The Morgan fingerprint density at radius 2 is 2.44 bits per heavy atom. The van der Waals surface area contributed by atoms with Gasteiger partial charge < -0.3 is 9.88 Å². The summed E-state index contributed by atoms with van der Waals surface area (Å²) in [6.45, 7) is 2.83. The first kappa shape index (κ1) is 14.2. The van der Waals surface area contributed by atoms with E-state index in [2.05, 4.69) is 32.6 Å². The molecule has 1 aliphatic heterocycles. The Morgan fingerprint density at radius 3 is 3.06 bits per heavy atom. The fourth-order valence-electron chi connectivity index (χ4n) is 2.30. The first-order valence-electron chi connectivity index (χ1n) is 6.17. The summed E-state index contributed by atoms with van der Waals surface area (Å²) < 4.78 is 1.03. The van der Waals surface area contributed by atoms with Gasteiger partial charge in [-0.3, -0.25) is 4.79 Å². The van der Waals surface area contributed by atoms with Crippen molar-refractivity contribution >= 4 is 40.3 Å². The smallest absolute Gasteiger partial charge is 0.236 e. The molecule has 1 aliphatic rings. The molecule has 6 heteroatoms. The van der Waals surface area contributed by atoms with Gasteiger partial charge in [0, 0.05) is 6.54 Å². The van der Waals surface area contributed by atoms with E-state index in [0.717, 1.165) is 28.9 Å². The average molecular weight is 379 g/mol. The van der Waals surface area contributed by atoms with Crippen LogP contribution in [0.15, 0.2) is 6.20 Å². The lowest BCUT2D eigenvalue weighted by atomic mass is 10.0. The van der Waals surface area contributed by atoms with Gasteiger partial charge in [-0.15, -0.1) is 0 Å². The van der Waals surface area contributed by atoms with Gasteiger partial charge in [-0.2, -0.15) is 11.8 Å². The van der Waals surface area contributed by atoms with Crippen LogP contribution < -0.4 is 0 Å². The minimum atomic E-state index is 0.0274. The van der Waals surface area contributed by atoms with E-state index in [1.807, 2.05) is 24.3 Å². The zero-order chi connectivity index (χ0) is 13.1. The number of amides is 1. The molecule has 1 amide bonds. The Morgan fingerprint density at radius 1 is 1.67 bits per heavy atom. The van der Waals surface area contributed by atoms with E-state index in [1.165, 1.54) is 6.42 Å². The predicted octanol–water partition coefficient (Wildman–Crippen LogP) is 2.82. The average Bonchev–Trinajstić information content (AvgIpc) is 2.83. The van der Waals surface area contributed by atoms with Crippen molar-refractivity contribution in [3.8, 4) is 0 Å². The largest absolute Gasteiger partial charge is 0.336 e. The molecule has 1 aromatic rings. The molecule has 18 heavy (non-hydrogen) atoms. The van der Waals surface area contributed by atoms with Crippen LogP contribution in [0.25, 0.3) is 0 Å². The zero-order valence-corrected chi connectivity index (χ0v) is 13.6. The topological polar surface area (TPSA) is 49.0 Å². The van der Waals surface area contributed by atoms with Crippen molar-refractivity contribution in [2.45, 2.75) is 37.5 Å². The first-order valence-corrected chi connectivity index (χ1v) is 8.54. The Kier molecular flexibility index (Phi) is 4.94. The predicted molar refractivity (Wildman–Crippen MR) is 82.6 cm³/mol. The number of nitrogens with zero attached hydrogens (tertiary/aromatic N) is 2. The molecule has 2 heterocycles. The SMILES string of the molecule is CSC(C)C(=O)N1CCCCC1c1ncc(I)[nH]1. The molecule has 0 aliphatic carbocycles. The fraction of sp³-hybridized carbons (Fsp3) is 0.667. The molecule has 1 saturated heterocycles. The van der Waals surface area contributed by atoms with E-state index < -0.39 is 0 Å². The first-order chi connectivity index (χ1) is 8.63. The van der Waals surface area contributed by atoms with Gasteiger partial charge in [0.05, 0.1) is 21.2 Å². The second kappa shape index (κ2) is 6.27. The number of carbonyl (C=O) groups excluding carboxylic acids is 1. The van der Waals surface area contributed by atoms with Gasteiger partial charge in [0.25, 0.3) is 0 Å². The van der Waals surface area contributed by atoms with E-state index in [9.17, 15) is 4.79 Å². The van der Waals surface area contributed by atoms with Crippen molar-refractivity contribution in [1.29, 1.82) is 0 Å². The molecule has 0 spiro atoms. The van der Waals surface area contributed by atoms with Crippen LogP contribution in [-0.2, 0) is 4.79 Å². The number of thioether (sulfide) groups is 1. The van der Waals surface area contributed by atoms with Crippen LogP contribution in [0.4, 0.5) is 0 Å². The number of halogens is 1. The quantitative estimate of drug-likeness (QED) is 0.822. The third-order valence-corrected chi connectivity index (χ3v) is 4.82. The van der Waals surface area contributed by atoms with E-state index in [-0.39, 0.29) is 17.2 Å². The van der Waals surface area contributed by atoms with Crippen LogP contribution in [0.5, 0.6) is 0 Å². The highest BCUT2D eigenvalue weighted by atomic mass is 127. The standard InChI is InChI=1S/C12H18IN3OS/c1-8(18-2)12(17)16-6-4-3-5-9(16)11-14-7-10(13)15-11/h7-9H,3-6H2,1-2H3,(H,14,15). The zero-order valence-electron chi connectivity index (χ0n) is 10.6. The molecule has 4 nitrogen and oxygen atoms in total. The minimum absolute atomic E-state index is 0.0274. The van der Waals surface area contributed by atoms with Gasteiger partial charge in [-0.25, -0.2) is 4.98 Å². The highest BCUT2D eigenvalue weighted by Crippen LogP contribution is 2.30. The number of aromatic nitrogens is 2. The number of likely N-dealkylation sites (tertiary alicyclic amines) is 1. The van der Waals surface area contributed by atoms with Crippen LogP contribution in [0.1, 0.15) is 38.1 Å². The molecule has 2 unspecified atom stereocenters. The lowest BCUT2D eigenvalue weighted by molar-refractivity contribution is -0.134. The summed E-state index contributed by atoms with van der Waals surface area (Å²) in [7, 11) is 0. The van der Waals surface area contributed by atoms with Gasteiger partial charge in [0.1, 0.15) is 5.82 Å². The van der Waals surface area contributed by atoms with E-state index in [1.54, 1.807) is 11.8 Å². The van der Waals surface area contributed by atoms with Gasteiger partial charge >= 0.3 is 0 Å². The summed E-state index contributed by atoms with van der Waals surface area (Å²) in [5, 5.41) is 0.0274. The number of rotatable bonds is 3. The Hall–Kier alpha value is -0.240. The number of hydrogen-bond acceptors (Lipinski definition) is 3. The van der Waals surface area contributed by atoms with Crippen molar-refractivity contribution in [2.75, 3.05) is 12.8 Å². The minimum Gasteiger partial charge on any atom is -0.336 e. The summed E-state index contributed by atoms with van der Waals surface area (Å²) in [6.07, 6.45) is 7.08. The highest BCUT2D eigenvalue weighted by molar-refractivity contribution is 14.1. The Labute approximate surface area is 125 Å². The molecule has 1 N–H and O–H groups in total. The highest BCUT2D eigenvalue weighted by Gasteiger charge is 2.31. The summed E-state index contributed by atoms with van der Waals surface area (Å²) in [6, 6.07) is 0.129. The maximum atomic E-state index is 12.4. The third kappa shape index (κ3) is 3.01. The maximum absolute atomic E-state index is 12.4. The van der Waals surface area contributed by atoms with Crippen molar-refractivity contribution in [3.63, 3.8) is 0 Å².